The fraction of sp³-hybridized carbons (Fsp3) is 0.643. The first-order valence-electron chi connectivity index (χ1n) is 6.55. The highest BCUT2D eigenvalue weighted by Gasteiger charge is 2.27. The summed E-state index contributed by atoms with van der Waals surface area (Å²) in [7, 11) is 0. The lowest BCUT2D eigenvalue weighted by atomic mass is 9.98. The van der Waals surface area contributed by atoms with Gasteiger partial charge in [-0.15, -0.1) is 11.3 Å². The molecule has 112 valence electrons. The maximum atomic E-state index is 12.2. The fourth-order valence-electron chi connectivity index (χ4n) is 1.65. The van der Waals surface area contributed by atoms with E-state index in [0.29, 0.717) is 10.6 Å². The van der Waals surface area contributed by atoms with E-state index in [9.17, 15) is 9.59 Å². The number of carbonyl (C=O) groups excluding carboxylic acids is 1. The zero-order chi connectivity index (χ0) is 15.7. The van der Waals surface area contributed by atoms with Gasteiger partial charge in [-0.05, 0) is 12.8 Å². The molecule has 5 nitrogen and oxygen atoms in total. The quantitative estimate of drug-likeness (QED) is 0.895. The maximum Gasteiger partial charge on any atom is 0.326 e. The predicted octanol–water partition coefficient (Wildman–Crippen LogP) is 2.59. The van der Waals surface area contributed by atoms with E-state index >= 15 is 0 Å². The van der Waals surface area contributed by atoms with E-state index in [-0.39, 0.29) is 17.2 Å². The first kappa shape index (κ1) is 16.6. The summed E-state index contributed by atoms with van der Waals surface area (Å²) in [6.45, 7) is 11.4. The first-order chi connectivity index (χ1) is 9.04. The summed E-state index contributed by atoms with van der Waals surface area (Å²) in [6, 6.07) is -0.887. The molecular formula is C14H22N2O3S. The number of rotatable bonds is 4. The Bertz CT molecular complexity index is 515. The van der Waals surface area contributed by atoms with E-state index < -0.39 is 12.0 Å². The molecule has 0 saturated heterocycles. The third-order valence-corrected chi connectivity index (χ3v) is 4.45. The molecule has 0 aliphatic carbocycles. The minimum Gasteiger partial charge on any atom is -0.480 e. The van der Waals surface area contributed by atoms with Gasteiger partial charge in [-0.2, -0.15) is 0 Å². The Labute approximate surface area is 123 Å². The van der Waals surface area contributed by atoms with Gasteiger partial charge in [-0.1, -0.05) is 34.6 Å². The number of amides is 1. The van der Waals surface area contributed by atoms with Crippen LogP contribution >= 0.6 is 11.3 Å². The molecule has 6 heteroatoms. The van der Waals surface area contributed by atoms with Gasteiger partial charge in [0, 0.05) is 5.41 Å². The SMILES string of the molecule is Cc1nc(C(C)(C)C)sc1C(=O)NC(C(=O)O)C(C)C. The molecule has 1 aromatic rings. The summed E-state index contributed by atoms with van der Waals surface area (Å²) in [5.41, 5.74) is 0.517. The summed E-state index contributed by atoms with van der Waals surface area (Å²) < 4.78 is 0. The number of aliphatic carboxylic acids is 1. The largest absolute Gasteiger partial charge is 0.480 e. The van der Waals surface area contributed by atoms with Crippen molar-refractivity contribution in [3.8, 4) is 0 Å². The van der Waals surface area contributed by atoms with Crippen LogP contribution in [-0.2, 0) is 10.2 Å². The molecule has 1 heterocycles. The number of nitrogens with one attached hydrogen (secondary N) is 1. The molecule has 0 spiro atoms. The van der Waals surface area contributed by atoms with E-state index in [4.69, 9.17) is 5.11 Å². The zero-order valence-corrected chi connectivity index (χ0v) is 13.6. The molecule has 1 unspecified atom stereocenters. The molecule has 0 fully saturated rings. The second-order valence-electron chi connectivity index (χ2n) is 6.22. The van der Waals surface area contributed by atoms with Gasteiger partial charge in [-0.3, -0.25) is 4.79 Å². The Kier molecular flexibility index (Phi) is 4.91. The number of carbonyl (C=O) groups is 2. The molecule has 0 saturated carbocycles. The molecule has 1 amide bonds. The van der Waals surface area contributed by atoms with Gasteiger partial charge in [0.15, 0.2) is 0 Å². The average molecular weight is 298 g/mol. The second kappa shape index (κ2) is 5.91. The third-order valence-electron chi connectivity index (χ3n) is 2.86. The van der Waals surface area contributed by atoms with E-state index in [1.165, 1.54) is 11.3 Å². The number of hydrogen-bond acceptors (Lipinski definition) is 4. The van der Waals surface area contributed by atoms with Crippen LogP contribution in [0.1, 0.15) is 55.0 Å². The van der Waals surface area contributed by atoms with Crippen molar-refractivity contribution in [2.45, 2.75) is 53.0 Å². The van der Waals surface area contributed by atoms with Gasteiger partial charge in [0.2, 0.25) is 0 Å². The molecule has 0 aliphatic heterocycles. The molecule has 0 radical (unpaired) electrons. The Morgan fingerprint density at radius 1 is 1.30 bits per heavy atom. The van der Waals surface area contributed by atoms with E-state index in [1.807, 2.05) is 20.8 Å². The smallest absolute Gasteiger partial charge is 0.326 e. The zero-order valence-electron chi connectivity index (χ0n) is 12.8. The van der Waals surface area contributed by atoms with Crippen LogP contribution < -0.4 is 5.32 Å². The summed E-state index contributed by atoms with van der Waals surface area (Å²) in [5, 5.41) is 12.6. The van der Waals surface area contributed by atoms with Gasteiger partial charge in [0.1, 0.15) is 10.9 Å². The number of thiazole rings is 1. The van der Waals surface area contributed by atoms with Crippen LogP contribution in [0.4, 0.5) is 0 Å². The highest BCUT2D eigenvalue weighted by Crippen LogP contribution is 2.29. The Balaban J connectivity index is 2.98. The lowest BCUT2D eigenvalue weighted by molar-refractivity contribution is -0.140. The maximum absolute atomic E-state index is 12.2. The van der Waals surface area contributed by atoms with Crippen LogP contribution in [0.25, 0.3) is 0 Å². The van der Waals surface area contributed by atoms with Gasteiger partial charge in [0.25, 0.3) is 5.91 Å². The molecule has 0 bridgehead atoms. The van der Waals surface area contributed by atoms with Crippen molar-refractivity contribution in [1.29, 1.82) is 0 Å². The summed E-state index contributed by atoms with van der Waals surface area (Å²) in [6.07, 6.45) is 0. The minimum atomic E-state index is -1.02. The van der Waals surface area contributed by atoms with Gasteiger partial charge in [0.05, 0.1) is 10.7 Å². The Morgan fingerprint density at radius 2 is 1.85 bits per heavy atom. The first-order valence-corrected chi connectivity index (χ1v) is 7.37. The second-order valence-corrected chi connectivity index (χ2v) is 7.22. The van der Waals surface area contributed by atoms with Crippen molar-refractivity contribution in [3.05, 3.63) is 15.6 Å². The van der Waals surface area contributed by atoms with Crippen LogP contribution in [0.15, 0.2) is 0 Å². The minimum absolute atomic E-state index is 0.127. The van der Waals surface area contributed by atoms with E-state index in [2.05, 4.69) is 10.3 Å². The van der Waals surface area contributed by atoms with Crippen molar-refractivity contribution < 1.29 is 14.7 Å². The lowest BCUT2D eigenvalue weighted by Gasteiger charge is -2.17. The molecule has 2 N–H and O–H groups in total. The van der Waals surface area contributed by atoms with Gasteiger partial charge >= 0.3 is 5.97 Å². The summed E-state index contributed by atoms with van der Waals surface area (Å²) >= 11 is 1.32. The number of nitrogens with zero attached hydrogens (tertiary/aromatic N) is 1. The summed E-state index contributed by atoms with van der Waals surface area (Å²) in [4.78, 5) is 28.2. The number of hydrogen-bond donors (Lipinski definition) is 2. The number of carboxylic acid groups (broad SMARTS) is 1. The molecule has 0 aromatic carbocycles. The van der Waals surface area contributed by atoms with E-state index in [0.717, 1.165) is 5.01 Å². The normalized spacial score (nSPS) is 13.3. The van der Waals surface area contributed by atoms with Gasteiger partial charge < -0.3 is 10.4 Å². The molecule has 0 aliphatic rings. The Morgan fingerprint density at radius 3 is 2.20 bits per heavy atom. The van der Waals surface area contributed by atoms with Crippen LogP contribution in [0.5, 0.6) is 0 Å². The Hall–Kier alpha value is -1.43. The van der Waals surface area contributed by atoms with Crippen LogP contribution in [0, 0.1) is 12.8 Å². The topological polar surface area (TPSA) is 79.3 Å². The molecule has 1 atom stereocenters. The molecule has 1 rings (SSSR count). The standard InChI is InChI=1S/C14H22N2O3S/c1-7(2)9(12(18)19)16-11(17)10-8(3)15-13(20-10)14(4,5)6/h7,9H,1-6H3,(H,16,17)(H,18,19). The lowest BCUT2D eigenvalue weighted by Crippen LogP contribution is -2.44. The highest BCUT2D eigenvalue weighted by atomic mass is 32.1. The van der Waals surface area contributed by atoms with E-state index in [1.54, 1.807) is 20.8 Å². The number of carboxylic acids is 1. The number of aromatic nitrogens is 1. The number of aryl methyl sites for hydroxylation is 1. The van der Waals surface area contributed by atoms with Crippen molar-refractivity contribution in [2.24, 2.45) is 5.92 Å². The van der Waals surface area contributed by atoms with Crippen molar-refractivity contribution >= 4 is 23.2 Å². The third kappa shape index (κ3) is 3.79. The van der Waals surface area contributed by atoms with Crippen LogP contribution in [0.2, 0.25) is 0 Å². The predicted molar refractivity (Wildman–Crippen MR) is 79.3 cm³/mol. The van der Waals surface area contributed by atoms with Gasteiger partial charge in [-0.25, -0.2) is 9.78 Å². The monoisotopic (exact) mass is 298 g/mol. The van der Waals surface area contributed by atoms with Crippen molar-refractivity contribution in [2.75, 3.05) is 0 Å². The van der Waals surface area contributed by atoms with Crippen LogP contribution in [0.3, 0.4) is 0 Å². The highest BCUT2D eigenvalue weighted by molar-refractivity contribution is 7.14. The fourth-order valence-corrected chi connectivity index (χ4v) is 2.68. The average Bonchev–Trinajstić information content (AvgIpc) is 2.66. The molecule has 20 heavy (non-hydrogen) atoms. The van der Waals surface area contributed by atoms with Crippen molar-refractivity contribution in [3.63, 3.8) is 0 Å². The molecule has 1 aromatic heterocycles. The van der Waals surface area contributed by atoms with Crippen molar-refractivity contribution in [1.82, 2.24) is 10.3 Å². The summed E-state index contributed by atoms with van der Waals surface area (Å²) in [5.74, 6) is -1.56. The van der Waals surface area contributed by atoms with Crippen LogP contribution in [-0.4, -0.2) is 28.0 Å². The molecular weight excluding hydrogens is 276 g/mol.